The van der Waals surface area contributed by atoms with Gasteiger partial charge in [0.25, 0.3) is 0 Å². The molecule has 0 atom stereocenters. The number of para-hydroxylation sites is 1. The zero-order valence-corrected chi connectivity index (χ0v) is 15.6. The fourth-order valence-electron chi connectivity index (χ4n) is 4.22. The number of carbonyl (C=O) groups is 1. The fourth-order valence-corrected chi connectivity index (χ4v) is 4.22. The van der Waals surface area contributed by atoms with E-state index in [0.29, 0.717) is 0 Å². The first kappa shape index (κ1) is 16.0. The minimum absolute atomic E-state index is 0.0995. The normalized spacial score (nSPS) is 12.3. The van der Waals surface area contributed by atoms with E-state index in [1.807, 2.05) is 48.5 Å². The van der Waals surface area contributed by atoms with Crippen LogP contribution in [0, 0.1) is 20.8 Å². The van der Waals surface area contributed by atoms with Gasteiger partial charge < -0.3 is 0 Å². The van der Waals surface area contributed by atoms with E-state index in [2.05, 4.69) is 32.9 Å². The first-order chi connectivity index (χ1) is 13.1. The molecular formula is C25H19NO. The number of nitrogens with zero attached hydrogens (tertiary/aromatic N) is 1. The van der Waals surface area contributed by atoms with E-state index >= 15 is 0 Å². The number of fused-ring (bicyclic) bond motifs is 5. The van der Waals surface area contributed by atoms with Gasteiger partial charge in [-0.2, -0.15) is 0 Å². The summed E-state index contributed by atoms with van der Waals surface area (Å²) in [7, 11) is 0. The Hall–Kier alpha value is -3.26. The topological polar surface area (TPSA) is 30.0 Å². The Morgan fingerprint density at radius 1 is 0.741 bits per heavy atom. The van der Waals surface area contributed by atoms with Gasteiger partial charge in [-0.25, -0.2) is 4.98 Å². The molecule has 27 heavy (non-hydrogen) atoms. The van der Waals surface area contributed by atoms with E-state index in [9.17, 15) is 4.79 Å². The molecule has 1 aliphatic rings. The van der Waals surface area contributed by atoms with Gasteiger partial charge in [-0.15, -0.1) is 0 Å². The summed E-state index contributed by atoms with van der Waals surface area (Å²) in [5.74, 6) is 0.0995. The summed E-state index contributed by atoms with van der Waals surface area (Å²) < 4.78 is 0. The van der Waals surface area contributed by atoms with Gasteiger partial charge in [-0.3, -0.25) is 4.79 Å². The molecule has 0 spiro atoms. The van der Waals surface area contributed by atoms with Crippen LogP contribution in [0.1, 0.15) is 32.6 Å². The molecule has 2 nitrogen and oxygen atoms in total. The molecule has 2 heteroatoms. The van der Waals surface area contributed by atoms with Crippen LogP contribution in [-0.4, -0.2) is 10.8 Å². The van der Waals surface area contributed by atoms with Crippen molar-refractivity contribution in [2.24, 2.45) is 0 Å². The second kappa shape index (κ2) is 5.62. The van der Waals surface area contributed by atoms with Crippen molar-refractivity contribution in [1.82, 2.24) is 4.98 Å². The van der Waals surface area contributed by atoms with Gasteiger partial charge in [0.15, 0.2) is 5.78 Å². The number of carbonyl (C=O) groups excluding carboxylic acids is 1. The highest BCUT2D eigenvalue weighted by Crippen LogP contribution is 2.45. The van der Waals surface area contributed by atoms with Gasteiger partial charge in [0.2, 0.25) is 0 Å². The maximum Gasteiger partial charge on any atom is 0.195 e. The lowest BCUT2D eigenvalue weighted by molar-refractivity contribution is 0.104. The standard InChI is InChI=1S/C25H19NO/c1-14-12-15(2)16(3)20(13-14)24-22-17-8-4-5-9-18(17)25(27)23(22)19-10-6-7-11-21(19)26-24/h4-13H,1-3H3. The van der Waals surface area contributed by atoms with E-state index in [0.717, 1.165) is 44.4 Å². The fraction of sp³-hybridized carbons (Fsp3) is 0.120. The molecule has 1 heterocycles. The molecule has 0 saturated heterocycles. The molecule has 1 aliphatic carbocycles. The largest absolute Gasteiger partial charge is 0.289 e. The molecule has 0 aliphatic heterocycles. The van der Waals surface area contributed by atoms with E-state index in [1.165, 1.54) is 16.7 Å². The van der Waals surface area contributed by atoms with Crippen LogP contribution < -0.4 is 0 Å². The molecular weight excluding hydrogens is 330 g/mol. The maximum atomic E-state index is 13.3. The Kier molecular flexibility index (Phi) is 3.32. The minimum Gasteiger partial charge on any atom is -0.289 e. The number of aromatic nitrogens is 1. The second-order valence-electron chi connectivity index (χ2n) is 7.36. The SMILES string of the molecule is Cc1cc(C)c(C)c(-c2nc3ccccc3c3c2-c2ccccc2C3=O)c1. The highest BCUT2D eigenvalue weighted by atomic mass is 16.1. The Morgan fingerprint density at radius 3 is 2.26 bits per heavy atom. The van der Waals surface area contributed by atoms with Gasteiger partial charge in [-0.05, 0) is 49.6 Å². The summed E-state index contributed by atoms with van der Waals surface area (Å²) in [6.07, 6.45) is 0. The van der Waals surface area contributed by atoms with E-state index in [1.54, 1.807) is 0 Å². The molecule has 3 aromatic carbocycles. The van der Waals surface area contributed by atoms with Gasteiger partial charge in [0.1, 0.15) is 0 Å². The number of hydrogen-bond donors (Lipinski definition) is 0. The van der Waals surface area contributed by atoms with Crippen LogP contribution in [0.4, 0.5) is 0 Å². The molecule has 5 rings (SSSR count). The zero-order chi connectivity index (χ0) is 18.7. The van der Waals surface area contributed by atoms with Crippen molar-refractivity contribution in [2.75, 3.05) is 0 Å². The predicted octanol–water partition coefficient (Wildman–Crippen LogP) is 6.04. The smallest absolute Gasteiger partial charge is 0.195 e. The van der Waals surface area contributed by atoms with Crippen LogP contribution in [0.5, 0.6) is 0 Å². The predicted molar refractivity (Wildman–Crippen MR) is 110 cm³/mol. The summed E-state index contributed by atoms with van der Waals surface area (Å²) in [6, 6.07) is 20.2. The van der Waals surface area contributed by atoms with Gasteiger partial charge in [0, 0.05) is 27.6 Å². The Morgan fingerprint density at radius 2 is 1.44 bits per heavy atom. The highest BCUT2D eigenvalue weighted by Gasteiger charge is 2.32. The minimum atomic E-state index is 0.0995. The van der Waals surface area contributed by atoms with Crippen molar-refractivity contribution >= 4 is 16.7 Å². The number of aryl methyl sites for hydroxylation is 2. The number of rotatable bonds is 1. The Labute approximate surface area is 158 Å². The summed E-state index contributed by atoms with van der Waals surface area (Å²) in [5, 5.41) is 0.930. The summed E-state index contributed by atoms with van der Waals surface area (Å²) >= 11 is 0. The van der Waals surface area contributed by atoms with Crippen molar-refractivity contribution in [2.45, 2.75) is 20.8 Å². The van der Waals surface area contributed by atoms with E-state index in [4.69, 9.17) is 4.98 Å². The van der Waals surface area contributed by atoms with Crippen LogP contribution in [0.15, 0.2) is 60.7 Å². The highest BCUT2D eigenvalue weighted by molar-refractivity contribution is 6.28. The third-order valence-corrected chi connectivity index (χ3v) is 5.63. The van der Waals surface area contributed by atoms with Crippen molar-refractivity contribution in [3.8, 4) is 22.4 Å². The number of pyridine rings is 1. The van der Waals surface area contributed by atoms with Crippen LogP contribution in [0.2, 0.25) is 0 Å². The van der Waals surface area contributed by atoms with Gasteiger partial charge in [0.05, 0.1) is 11.2 Å². The first-order valence-electron chi connectivity index (χ1n) is 9.21. The third-order valence-electron chi connectivity index (χ3n) is 5.63. The first-order valence-corrected chi connectivity index (χ1v) is 9.21. The monoisotopic (exact) mass is 349 g/mol. The maximum absolute atomic E-state index is 13.3. The van der Waals surface area contributed by atoms with Crippen molar-refractivity contribution < 1.29 is 4.79 Å². The molecule has 1 aromatic heterocycles. The lowest BCUT2D eigenvalue weighted by Gasteiger charge is -2.15. The van der Waals surface area contributed by atoms with Gasteiger partial charge >= 0.3 is 0 Å². The summed E-state index contributed by atoms with van der Waals surface area (Å²) in [5.41, 5.74) is 10.1. The van der Waals surface area contributed by atoms with Crippen LogP contribution in [0.25, 0.3) is 33.3 Å². The number of hydrogen-bond acceptors (Lipinski definition) is 2. The molecule has 0 bridgehead atoms. The summed E-state index contributed by atoms with van der Waals surface area (Å²) in [4.78, 5) is 18.3. The molecule has 0 saturated carbocycles. The Balaban J connectivity index is 1.99. The average Bonchev–Trinajstić information content (AvgIpc) is 2.98. The molecule has 130 valence electrons. The van der Waals surface area contributed by atoms with Crippen molar-refractivity contribution in [1.29, 1.82) is 0 Å². The molecule has 0 fully saturated rings. The second-order valence-corrected chi connectivity index (χ2v) is 7.36. The zero-order valence-electron chi connectivity index (χ0n) is 15.6. The van der Waals surface area contributed by atoms with Crippen molar-refractivity contribution in [3.05, 3.63) is 88.5 Å². The average molecular weight is 349 g/mol. The van der Waals surface area contributed by atoms with E-state index in [-0.39, 0.29) is 5.78 Å². The lowest BCUT2D eigenvalue weighted by Crippen LogP contribution is -2.00. The lowest BCUT2D eigenvalue weighted by atomic mass is 9.91. The third kappa shape index (κ3) is 2.20. The summed E-state index contributed by atoms with van der Waals surface area (Å²) in [6.45, 7) is 6.37. The molecule has 0 amide bonds. The van der Waals surface area contributed by atoms with Crippen molar-refractivity contribution in [3.63, 3.8) is 0 Å². The molecule has 0 radical (unpaired) electrons. The Bertz CT molecular complexity index is 1270. The van der Waals surface area contributed by atoms with Crippen LogP contribution >= 0.6 is 0 Å². The number of ketones is 1. The quantitative estimate of drug-likeness (QED) is 0.369. The van der Waals surface area contributed by atoms with Crippen LogP contribution in [0.3, 0.4) is 0 Å². The molecule has 4 aromatic rings. The molecule has 0 unspecified atom stereocenters. The number of benzene rings is 3. The van der Waals surface area contributed by atoms with Gasteiger partial charge in [-0.1, -0.05) is 54.1 Å². The van der Waals surface area contributed by atoms with E-state index < -0.39 is 0 Å². The van der Waals surface area contributed by atoms with Crippen LogP contribution in [-0.2, 0) is 0 Å². The molecule has 0 N–H and O–H groups in total.